The Morgan fingerprint density at radius 3 is 2.67 bits per heavy atom. The summed E-state index contributed by atoms with van der Waals surface area (Å²) in [6.07, 6.45) is 5.74. The molecule has 1 heterocycles. The van der Waals surface area contributed by atoms with Crippen LogP contribution in [-0.2, 0) is 22.7 Å². The lowest BCUT2D eigenvalue weighted by molar-refractivity contribution is -0.134. The number of guanidine groups is 1. The van der Waals surface area contributed by atoms with E-state index >= 15 is 0 Å². The second-order valence-electron chi connectivity index (χ2n) is 8.50. The molecule has 1 amide bonds. The van der Waals surface area contributed by atoms with Crippen LogP contribution in [0.5, 0.6) is 0 Å². The Bertz CT molecular complexity index is 704. The first-order valence-corrected chi connectivity index (χ1v) is 11.0. The Morgan fingerprint density at radius 2 is 1.97 bits per heavy atom. The van der Waals surface area contributed by atoms with Gasteiger partial charge in [0.1, 0.15) is 0 Å². The molecule has 0 bridgehead atoms. The normalized spacial score (nSPS) is 19.8. The number of nitrogens with zero attached hydrogens (tertiary/aromatic N) is 2. The summed E-state index contributed by atoms with van der Waals surface area (Å²) in [5, 5.41) is 6.88. The fourth-order valence-corrected chi connectivity index (χ4v) is 4.18. The number of benzene rings is 1. The van der Waals surface area contributed by atoms with E-state index in [1.807, 2.05) is 18.7 Å². The zero-order chi connectivity index (χ0) is 20.6. The highest BCUT2D eigenvalue weighted by atomic mass is 127. The standard InChI is InChI=1S/C23H36N4O2.HI/c1-17(2)29-16-19-8-6-7-18(13-19)14-25-23(24-3)26-21-11-12-27(15-21)22(28)20-9-4-5-10-20;/h6-8,13,17,20-21H,4-5,9-12,14-16H2,1-3H3,(H2,24,25,26);1H. The van der Waals surface area contributed by atoms with Gasteiger partial charge in [0, 0.05) is 38.6 Å². The van der Waals surface area contributed by atoms with E-state index in [9.17, 15) is 4.79 Å². The lowest BCUT2D eigenvalue weighted by Crippen LogP contribution is -2.45. The third-order valence-electron chi connectivity index (χ3n) is 5.80. The van der Waals surface area contributed by atoms with E-state index in [1.165, 1.54) is 24.0 Å². The largest absolute Gasteiger partial charge is 0.374 e. The highest BCUT2D eigenvalue weighted by Crippen LogP contribution is 2.27. The fraction of sp³-hybridized carbons (Fsp3) is 0.652. The summed E-state index contributed by atoms with van der Waals surface area (Å²) in [5.74, 6) is 1.40. The van der Waals surface area contributed by atoms with Gasteiger partial charge in [-0.15, -0.1) is 24.0 Å². The topological polar surface area (TPSA) is 66.0 Å². The van der Waals surface area contributed by atoms with Gasteiger partial charge in [-0.1, -0.05) is 37.1 Å². The molecular formula is C23H37IN4O2. The number of aliphatic imine (C=N–C) groups is 1. The van der Waals surface area contributed by atoms with Crippen molar-refractivity contribution in [2.75, 3.05) is 20.1 Å². The minimum absolute atomic E-state index is 0. The molecule has 1 aliphatic carbocycles. The number of amides is 1. The highest BCUT2D eigenvalue weighted by Gasteiger charge is 2.32. The van der Waals surface area contributed by atoms with E-state index in [0.717, 1.165) is 38.3 Å². The first kappa shape index (κ1) is 24.9. The Balaban J connectivity index is 0.00000320. The van der Waals surface area contributed by atoms with Crippen LogP contribution in [-0.4, -0.2) is 49.0 Å². The molecule has 168 valence electrons. The van der Waals surface area contributed by atoms with Crippen LogP contribution in [0.3, 0.4) is 0 Å². The van der Waals surface area contributed by atoms with E-state index in [0.29, 0.717) is 19.1 Å². The van der Waals surface area contributed by atoms with Crippen LogP contribution in [0.25, 0.3) is 0 Å². The molecule has 1 unspecified atom stereocenters. The zero-order valence-corrected chi connectivity index (χ0v) is 20.9. The van der Waals surface area contributed by atoms with E-state index in [-0.39, 0.29) is 42.0 Å². The van der Waals surface area contributed by atoms with Gasteiger partial charge in [0.25, 0.3) is 0 Å². The predicted molar refractivity (Wildman–Crippen MR) is 132 cm³/mol. The number of ether oxygens (including phenoxy) is 1. The monoisotopic (exact) mass is 528 g/mol. The summed E-state index contributed by atoms with van der Waals surface area (Å²) in [7, 11) is 1.79. The first-order chi connectivity index (χ1) is 14.0. The molecular weight excluding hydrogens is 491 g/mol. The van der Waals surface area contributed by atoms with Gasteiger partial charge >= 0.3 is 0 Å². The Hall–Kier alpha value is -1.35. The summed E-state index contributed by atoms with van der Waals surface area (Å²) in [6, 6.07) is 8.69. The molecule has 0 spiro atoms. The second kappa shape index (κ2) is 12.5. The Morgan fingerprint density at radius 1 is 1.23 bits per heavy atom. The summed E-state index contributed by atoms with van der Waals surface area (Å²) in [6.45, 7) is 7.05. The van der Waals surface area contributed by atoms with Gasteiger partial charge in [-0.05, 0) is 44.2 Å². The van der Waals surface area contributed by atoms with Crippen LogP contribution in [0.2, 0.25) is 0 Å². The molecule has 2 aliphatic rings. The maximum atomic E-state index is 12.6. The molecule has 7 heteroatoms. The molecule has 1 saturated heterocycles. The summed E-state index contributed by atoms with van der Waals surface area (Å²) in [4.78, 5) is 19.0. The van der Waals surface area contributed by atoms with Crippen LogP contribution in [0.15, 0.2) is 29.3 Å². The molecule has 2 N–H and O–H groups in total. The maximum absolute atomic E-state index is 12.6. The number of nitrogens with one attached hydrogen (secondary N) is 2. The first-order valence-electron chi connectivity index (χ1n) is 11.0. The average molecular weight is 528 g/mol. The quantitative estimate of drug-likeness (QED) is 0.322. The number of hydrogen-bond donors (Lipinski definition) is 2. The van der Waals surface area contributed by atoms with E-state index in [2.05, 4.69) is 39.9 Å². The molecule has 30 heavy (non-hydrogen) atoms. The van der Waals surface area contributed by atoms with E-state index in [1.54, 1.807) is 7.05 Å². The van der Waals surface area contributed by atoms with Crippen molar-refractivity contribution >= 4 is 35.8 Å². The van der Waals surface area contributed by atoms with Crippen molar-refractivity contribution in [3.8, 4) is 0 Å². The van der Waals surface area contributed by atoms with Crippen LogP contribution < -0.4 is 10.6 Å². The van der Waals surface area contributed by atoms with Crippen molar-refractivity contribution in [1.82, 2.24) is 15.5 Å². The number of carbonyl (C=O) groups excluding carboxylic acids is 1. The summed E-state index contributed by atoms with van der Waals surface area (Å²) < 4.78 is 5.70. The van der Waals surface area contributed by atoms with Crippen molar-refractivity contribution in [2.24, 2.45) is 10.9 Å². The SMILES string of the molecule is CN=C(NCc1cccc(COC(C)C)c1)NC1CCN(C(=O)C2CCCC2)C1.I. The number of rotatable bonds is 7. The van der Waals surface area contributed by atoms with Crippen molar-refractivity contribution in [3.05, 3.63) is 35.4 Å². The predicted octanol–water partition coefficient (Wildman–Crippen LogP) is 3.69. The van der Waals surface area contributed by atoms with E-state index < -0.39 is 0 Å². The fourth-order valence-electron chi connectivity index (χ4n) is 4.18. The molecule has 1 saturated carbocycles. The van der Waals surface area contributed by atoms with Crippen LogP contribution in [0.1, 0.15) is 57.1 Å². The molecule has 2 fully saturated rings. The van der Waals surface area contributed by atoms with Gasteiger partial charge in [-0.2, -0.15) is 0 Å². The lowest BCUT2D eigenvalue weighted by Gasteiger charge is -2.21. The van der Waals surface area contributed by atoms with Crippen molar-refractivity contribution in [2.45, 2.75) is 71.2 Å². The summed E-state index contributed by atoms with van der Waals surface area (Å²) in [5.41, 5.74) is 2.38. The molecule has 1 aromatic carbocycles. The molecule has 1 atom stereocenters. The molecule has 1 aliphatic heterocycles. The Labute approximate surface area is 198 Å². The van der Waals surface area contributed by atoms with Crippen molar-refractivity contribution < 1.29 is 9.53 Å². The van der Waals surface area contributed by atoms with Crippen molar-refractivity contribution in [3.63, 3.8) is 0 Å². The van der Waals surface area contributed by atoms with Gasteiger partial charge in [0.15, 0.2) is 5.96 Å². The zero-order valence-electron chi connectivity index (χ0n) is 18.5. The second-order valence-corrected chi connectivity index (χ2v) is 8.50. The molecule has 6 nitrogen and oxygen atoms in total. The number of hydrogen-bond acceptors (Lipinski definition) is 3. The van der Waals surface area contributed by atoms with Crippen molar-refractivity contribution in [1.29, 1.82) is 0 Å². The minimum atomic E-state index is 0. The highest BCUT2D eigenvalue weighted by molar-refractivity contribution is 14.0. The Kier molecular flexibility index (Phi) is 10.4. The van der Waals surface area contributed by atoms with Gasteiger partial charge in [0.2, 0.25) is 5.91 Å². The third-order valence-corrected chi connectivity index (χ3v) is 5.80. The maximum Gasteiger partial charge on any atom is 0.225 e. The molecule has 3 rings (SSSR count). The lowest BCUT2D eigenvalue weighted by atomic mass is 10.1. The molecule has 1 aromatic rings. The molecule has 0 aromatic heterocycles. The summed E-state index contributed by atoms with van der Waals surface area (Å²) >= 11 is 0. The number of halogens is 1. The van der Waals surface area contributed by atoms with Crippen LogP contribution >= 0.6 is 24.0 Å². The van der Waals surface area contributed by atoms with Crippen LogP contribution in [0, 0.1) is 5.92 Å². The smallest absolute Gasteiger partial charge is 0.225 e. The average Bonchev–Trinajstić information content (AvgIpc) is 3.41. The molecule has 0 radical (unpaired) electrons. The third kappa shape index (κ3) is 7.41. The van der Waals surface area contributed by atoms with Gasteiger partial charge in [0.05, 0.1) is 12.7 Å². The number of carbonyl (C=O) groups is 1. The van der Waals surface area contributed by atoms with Crippen LogP contribution in [0.4, 0.5) is 0 Å². The number of likely N-dealkylation sites (tertiary alicyclic amines) is 1. The van der Waals surface area contributed by atoms with Gasteiger partial charge < -0.3 is 20.3 Å². The minimum Gasteiger partial charge on any atom is -0.374 e. The van der Waals surface area contributed by atoms with E-state index in [4.69, 9.17) is 4.74 Å². The van der Waals surface area contributed by atoms with Gasteiger partial charge in [-0.25, -0.2) is 0 Å². The van der Waals surface area contributed by atoms with Gasteiger partial charge in [-0.3, -0.25) is 9.79 Å².